The maximum atomic E-state index is 12.9. The number of amides is 1. The summed E-state index contributed by atoms with van der Waals surface area (Å²) in [6, 6.07) is 8.36. The quantitative estimate of drug-likeness (QED) is 0.859. The summed E-state index contributed by atoms with van der Waals surface area (Å²) in [5, 5.41) is 11.6. The Labute approximate surface area is 102 Å². The molecule has 0 aliphatic rings. The topological polar surface area (TPSA) is 49.3 Å². The highest BCUT2D eigenvalue weighted by atomic mass is 19.1. The monoisotopic (exact) mass is 249 g/mol. The van der Waals surface area contributed by atoms with Crippen molar-refractivity contribution in [2.24, 2.45) is 0 Å². The number of halogens is 2. The Hall–Kier alpha value is -2.43. The lowest BCUT2D eigenvalue weighted by Gasteiger charge is -2.06. The van der Waals surface area contributed by atoms with E-state index in [0.29, 0.717) is 6.07 Å². The minimum Gasteiger partial charge on any atom is -0.508 e. The molecule has 18 heavy (non-hydrogen) atoms. The summed E-state index contributed by atoms with van der Waals surface area (Å²) >= 11 is 0. The van der Waals surface area contributed by atoms with Gasteiger partial charge in [-0.25, -0.2) is 8.78 Å². The third kappa shape index (κ3) is 2.82. The molecule has 0 fully saturated rings. The van der Waals surface area contributed by atoms with Gasteiger partial charge in [0.2, 0.25) is 0 Å². The molecular formula is C13H9F2NO2. The molecule has 0 heterocycles. The number of anilines is 1. The van der Waals surface area contributed by atoms with Gasteiger partial charge in [0.15, 0.2) is 0 Å². The number of nitrogens with one attached hydrogen (secondary N) is 1. The van der Waals surface area contributed by atoms with E-state index in [4.69, 9.17) is 0 Å². The predicted octanol–water partition coefficient (Wildman–Crippen LogP) is 2.92. The van der Waals surface area contributed by atoms with Gasteiger partial charge in [-0.1, -0.05) is 6.07 Å². The van der Waals surface area contributed by atoms with E-state index >= 15 is 0 Å². The van der Waals surface area contributed by atoms with Gasteiger partial charge in [-0.2, -0.15) is 0 Å². The second-order valence-corrected chi connectivity index (χ2v) is 3.66. The molecule has 3 nitrogen and oxygen atoms in total. The Kier molecular flexibility index (Phi) is 3.23. The number of carbonyl (C=O) groups is 1. The van der Waals surface area contributed by atoms with E-state index < -0.39 is 17.5 Å². The van der Waals surface area contributed by atoms with Crippen LogP contribution in [-0.4, -0.2) is 11.0 Å². The highest BCUT2D eigenvalue weighted by Gasteiger charge is 2.08. The molecule has 2 aromatic carbocycles. The molecule has 2 N–H and O–H groups in total. The molecule has 92 valence electrons. The molecule has 0 radical (unpaired) electrons. The zero-order chi connectivity index (χ0) is 13.1. The van der Waals surface area contributed by atoms with E-state index in [-0.39, 0.29) is 17.0 Å². The Balaban J connectivity index is 2.21. The number of aromatic hydroxyl groups is 1. The molecule has 0 bridgehead atoms. The van der Waals surface area contributed by atoms with Crippen molar-refractivity contribution in [2.45, 2.75) is 0 Å². The van der Waals surface area contributed by atoms with Gasteiger partial charge >= 0.3 is 0 Å². The van der Waals surface area contributed by atoms with Gasteiger partial charge in [0, 0.05) is 17.3 Å². The van der Waals surface area contributed by atoms with Crippen LogP contribution < -0.4 is 5.32 Å². The summed E-state index contributed by atoms with van der Waals surface area (Å²) in [4.78, 5) is 11.7. The molecule has 0 aliphatic heterocycles. The summed E-state index contributed by atoms with van der Waals surface area (Å²) in [5.41, 5.74) is 0.209. The summed E-state index contributed by atoms with van der Waals surface area (Å²) in [5.74, 6) is -2.17. The van der Waals surface area contributed by atoms with Crippen molar-refractivity contribution in [3.05, 3.63) is 59.7 Å². The maximum absolute atomic E-state index is 12.9. The van der Waals surface area contributed by atoms with Gasteiger partial charge in [-0.15, -0.1) is 0 Å². The number of benzene rings is 2. The molecule has 0 spiro atoms. The van der Waals surface area contributed by atoms with Gasteiger partial charge in [-0.05, 0) is 30.3 Å². The van der Waals surface area contributed by atoms with Crippen molar-refractivity contribution in [1.82, 2.24) is 0 Å². The van der Waals surface area contributed by atoms with Gasteiger partial charge in [0.25, 0.3) is 5.91 Å². The van der Waals surface area contributed by atoms with E-state index in [9.17, 15) is 18.7 Å². The SMILES string of the molecule is O=C(Nc1cc(F)cc(F)c1)c1cccc(O)c1. The van der Waals surface area contributed by atoms with Crippen molar-refractivity contribution >= 4 is 11.6 Å². The molecule has 0 unspecified atom stereocenters. The second-order valence-electron chi connectivity index (χ2n) is 3.66. The summed E-state index contributed by atoms with van der Waals surface area (Å²) < 4.78 is 25.8. The minimum absolute atomic E-state index is 0.0147. The standard InChI is InChI=1S/C13H9F2NO2/c14-9-5-10(15)7-11(6-9)16-13(18)8-2-1-3-12(17)4-8/h1-7,17H,(H,16,18). The van der Waals surface area contributed by atoms with Crippen LogP contribution in [0.25, 0.3) is 0 Å². The molecular weight excluding hydrogens is 240 g/mol. The van der Waals surface area contributed by atoms with Gasteiger partial charge < -0.3 is 10.4 Å². The minimum atomic E-state index is -0.777. The van der Waals surface area contributed by atoms with Crippen molar-refractivity contribution in [3.8, 4) is 5.75 Å². The summed E-state index contributed by atoms with van der Waals surface area (Å²) in [7, 11) is 0. The van der Waals surface area contributed by atoms with Crippen molar-refractivity contribution in [1.29, 1.82) is 0 Å². The average Bonchev–Trinajstić information content (AvgIpc) is 2.27. The van der Waals surface area contributed by atoms with Gasteiger partial charge in [0.05, 0.1) is 0 Å². The molecule has 2 rings (SSSR count). The van der Waals surface area contributed by atoms with Crippen LogP contribution in [0.1, 0.15) is 10.4 Å². The molecule has 0 aromatic heterocycles. The molecule has 2 aromatic rings. The Morgan fingerprint density at radius 2 is 1.72 bits per heavy atom. The fraction of sp³-hybridized carbons (Fsp3) is 0. The van der Waals surface area contributed by atoms with Crippen LogP contribution in [-0.2, 0) is 0 Å². The van der Waals surface area contributed by atoms with E-state index in [1.807, 2.05) is 0 Å². The van der Waals surface area contributed by atoms with Crippen LogP contribution in [0.5, 0.6) is 5.75 Å². The zero-order valence-corrected chi connectivity index (χ0v) is 9.15. The third-order valence-electron chi connectivity index (χ3n) is 2.23. The van der Waals surface area contributed by atoms with Crippen LogP contribution in [0, 0.1) is 11.6 Å². The highest BCUT2D eigenvalue weighted by Crippen LogP contribution is 2.16. The number of hydrogen-bond donors (Lipinski definition) is 2. The second kappa shape index (κ2) is 4.83. The lowest BCUT2D eigenvalue weighted by Crippen LogP contribution is -2.12. The fourth-order valence-electron chi connectivity index (χ4n) is 1.48. The van der Waals surface area contributed by atoms with Gasteiger partial charge in [-0.3, -0.25) is 4.79 Å². The highest BCUT2D eigenvalue weighted by molar-refractivity contribution is 6.04. The smallest absolute Gasteiger partial charge is 0.255 e. The average molecular weight is 249 g/mol. The summed E-state index contributed by atoms with van der Waals surface area (Å²) in [6.07, 6.45) is 0. The number of hydrogen-bond acceptors (Lipinski definition) is 2. The van der Waals surface area contributed by atoms with E-state index in [1.54, 1.807) is 0 Å². The van der Waals surface area contributed by atoms with E-state index in [0.717, 1.165) is 12.1 Å². The molecule has 5 heteroatoms. The lowest BCUT2D eigenvalue weighted by atomic mass is 10.2. The first kappa shape index (κ1) is 12.0. The zero-order valence-electron chi connectivity index (χ0n) is 9.15. The number of phenolic OH excluding ortho intramolecular Hbond substituents is 1. The first-order valence-corrected chi connectivity index (χ1v) is 5.11. The Morgan fingerprint density at radius 3 is 2.33 bits per heavy atom. The van der Waals surface area contributed by atoms with Crippen LogP contribution in [0.15, 0.2) is 42.5 Å². The Bertz CT molecular complexity index is 579. The number of rotatable bonds is 2. The van der Waals surface area contributed by atoms with Crippen LogP contribution in [0.4, 0.5) is 14.5 Å². The molecule has 1 amide bonds. The molecule has 0 atom stereocenters. The fourth-order valence-corrected chi connectivity index (χ4v) is 1.48. The summed E-state index contributed by atoms with van der Waals surface area (Å²) in [6.45, 7) is 0. The van der Waals surface area contributed by atoms with Crippen molar-refractivity contribution in [2.75, 3.05) is 5.32 Å². The van der Waals surface area contributed by atoms with Crippen molar-refractivity contribution < 1.29 is 18.7 Å². The normalized spacial score (nSPS) is 10.1. The molecule has 0 aliphatic carbocycles. The van der Waals surface area contributed by atoms with Crippen LogP contribution in [0.2, 0.25) is 0 Å². The first-order chi connectivity index (χ1) is 8.54. The molecule has 0 saturated heterocycles. The first-order valence-electron chi connectivity index (χ1n) is 5.11. The predicted molar refractivity (Wildman–Crippen MR) is 62.4 cm³/mol. The number of carbonyl (C=O) groups excluding carboxylic acids is 1. The Morgan fingerprint density at radius 1 is 1.06 bits per heavy atom. The lowest BCUT2D eigenvalue weighted by molar-refractivity contribution is 0.102. The van der Waals surface area contributed by atoms with Crippen LogP contribution >= 0.6 is 0 Å². The largest absolute Gasteiger partial charge is 0.508 e. The maximum Gasteiger partial charge on any atom is 0.255 e. The number of phenols is 1. The van der Waals surface area contributed by atoms with Crippen LogP contribution in [0.3, 0.4) is 0 Å². The van der Waals surface area contributed by atoms with Crippen molar-refractivity contribution in [3.63, 3.8) is 0 Å². The molecule has 0 saturated carbocycles. The van der Waals surface area contributed by atoms with Gasteiger partial charge in [0.1, 0.15) is 17.4 Å². The van der Waals surface area contributed by atoms with E-state index in [2.05, 4.69) is 5.32 Å². The third-order valence-corrected chi connectivity index (χ3v) is 2.23. The van der Waals surface area contributed by atoms with E-state index in [1.165, 1.54) is 24.3 Å².